The number of hydrogen-bond donors (Lipinski definition) is 0. The van der Waals surface area contributed by atoms with E-state index < -0.39 is 0 Å². The van der Waals surface area contributed by atoms with Crippen molar-refractivity contribution in [2.45, 2.75) is 54.4 Å². The van der Waals surface area contributed by atoms with Gasteiger partial charge in [-0.3, -0.25) is 4.79 Å². The maximum Gasteiger partial charge on any atom is 0.144 e. The van der Waals surface area contributed by atoms with Gasteiger partial charge in [-0.25, -0.2) is 0 Å². The average Bonchev–Trinajstić information content (AvgIpc) is 2.01. The van der Waals surface area contributed by atoms with Crippen LogP contribution in [0.2, 0.25) is 0 Å². The fraction of sp³-hybridized carbons (Fsp3) is 0.769. The second-order valence-electron chi connectivity index (χ2n) is 5.55. The monoisotopic (exact) mass is 196 g/mol. The van der Waals surface area contributed by atoms with Gasteiger partial charge in [0, 0.05) is 10.8 Å². The van der Waals surface area contributed by atoms with E-state index >= 15 is 0 Å². The van der Waals surface area contributed by atoms with E-state index in [4.69, 9.17) is 0 Å². The van der Waals surface area contributed by atoms with Crippen LogP contribution in [0.1, 0.15) is 54.4 Å². The third-order valence-electron chi connectivity index (χ3n) is 2.33. The fourth-order valence-electron chi connectivity index (χ4n) is 1.65. The summed E-state index contributed by atoms with van der Waals surface area (Å²) in [5, 5.41) is 0. The minimum Gasteiger partial charge on any atom is -0.299 e. The topological polar surface area (TPSA) is 17.1 Å². The minimum absolute atomic E-state index is 0.232. The van der Waals surface area contributed by atoms with Crippen LogP contribution in [0.15, 0.2) is 12.2 Å². The Labute approximate surface area is 88.6 Å². The first-order valence-electron chi connectivity index (χ1n) is 5.41. The van der Waals surface area contributed by atoms with E-state index in [1.807, 2.05) is 34.6 Å². The normalized spacial score (nSPS) is 13.6. The Kier molecular flexibility index (Phi) is 4.57. The lowest BCUT2D eigenvalue weighted by atomic mass is 9.73. The summed E-state index contributed by atoms with van der Waals surface area (Å²) in [4.78, 5) is 12.0. The molecule has 82 valence electrons. The highest BCUT2D eigenvalue weighted by Crippen LogP contribution is 2.32. The summed E-state index contributed by atoms with van der Waals surface area (Å²) >= 11 is 0. The van der Waals surface area contributed by atoms with E-state index in [1.165, 1.54) is 0 Å². The highest BCUT2D eigenvalue weighted by molar-refractivity contribution is 5.88. The molecule has 0 radical (unpaired) electrons. The molecule has 0 amide bonds. The Morgan fingerprint density at radius 2 is 1.57 bits per heavy atom. The largest absolute Gasteiger partial charge is 0.299 e. The van der Waals surface area contributed by atoms with Crippen LogP contribution in [0.4, 0.5) is 0 Å². The molecule has 0 aromatic carbocycles. The first-order valence-corrected chi connectivity index (χ1v) is 5.41. The molecular formula is C13H24O. The molecule has 0 N–H and O–H groups in total. The third kappa shape index (κ3) is 4.08. The van der Waals surface area contributed by atoms with Gasteiger partial charge in [0.05, 0.1) is 0 Å². The molecule has 0 aliphatic carbocycles. The highest BCUT2D eigenvalue weighted by atomic mass is 16.1. The summed E-state index contributed by atoms with van der Waals surface area (Å²) in [6.07, 6.45) is 6.12. The van der Waals surface area contributed by atoms with Crippen molar-refractivity contribution in [3.8, 4) is 0 Å². The van der Waals surface area contributed by atoms with E-state index in [1.54, 1.807) is 0 Å². The molecule has 0 aliphatic heterocycles. The molecule has 14 heavy (non-hydrogen) atoms. The molecular weight excluding hydrogens is 172 g/mol. The van der Waals surface area contributed by atoms with Crippen molar-refractivity contribution < 1.29 is 4.79 Å². The Morgan fingerprint density at radius 1 is 1.07 bits per heavy atom. The summed E-state index contributed by atoms with van der Waals surface area (Å²) in [5.41, 5.74) is -0.465. The fourth-order valence-corrected chi connectivity index (χ4v) is 1.65. The molecule has 0 atom stereocenters. The average molecular weight is 196 g/mol. The van der Waals surface area contributed by atoms with Crippen LogP contribution in [0, 0.1) is 10.8 Å². The number of allylic oxidation sites excluding steroid dienone is 2. The number of ketones is 1. The van der Waals surface area contributed by atoms with Gasteiger partial charge in [0.2, 0.25) is 0 Å². The predicted molar refractivity (Wildman–Crippen MR) is 62.3 cm³/mol. The van der Waals surface area contributed by atoms with Gasteiger partial charge in [0.25, 0.3) is 0 Å². The molecule has 0 saturated heterocycles. The van der Waals surface area contributed by atoms with Crippen molar-refractivity contribution in [3.05, 3.63) is 12.2 Å². The van der Waals surface area contributed by atoms with Crippen molar-refractivity contribution in [3.63, 3.8) is 0 Å². The third-order valence-corrected chi connectivity index (χ3v) is 2.33. The van der Waals surface area contributed by atoms with E-state index in [0.29, 0.717) is 5.78 Å². The summed E-state index contributed by atoms with van der Waals surface area (Å²) in [6.45, 7) is 12.1. The Morgan fingerprint density at radius 3 is 1.93 bits per heavy atom. The predicted octanol–water partition coefficient (Wildman–Crippen LogP) is 3.98. The van der Waals surface area contributed by atoms with E-state index in [2.05, 4.69) is 19.1 Å². The van der Waals surface area contributed by atoms with Gasteiger partial charge in [-0.2, -0.15) is 0 Å². The Bertz CT molecular complexity index is 216. The quantitative estimate of drug-likeness (QED) is 0.621. The maximum absolute atomic E-state index is 12.0. The number of carbonyl (C=O) groups is 1. The van der Waals surface area contributed by atoms with E-state index in [9.17, 15) is 4.79 Å². The van der Waals surface area contributed by atoms with Crippen molar-refractivity contribution in [2.24, 2.45) is 10.8 Å². The van der Waals surface area contributed by atoms with Gasteiger partial charge in [-0.1, -0.05) is 53.7 Å². The van der Waals surface area contributed by atoms with Crippen LogP contribution in [0.5, 0.6) is 0 Å². The molecule has 0 heterocycles. The number of hydrogen-bond acceptors (Lipinski definition) is 1. The zero-order valence-corrected chi connectivity index (χ0v) is 10.5. The van der Waals surface area contributed by atoms with Crippen LogP contribution >= 0.6 is 0 Å². The van der Waals surface area contributed by atoms with Crippen LogP contribution < -0.4 is 0 Å². The maximum atomic E-state index is 12.0. The molecule has 0 spiro atoms. The van der Waals surface area contributed by atoms with Gasteiger partial charge in [0.1, 0.15) is 5.78 Å². The van der Waals surface area contributed by atoms with Gasteiger partial charge in [0.15, 0.2) is 0 Å². The van der Waals surface area contributed by atoms with Gasteiger partial charge in [-0.15, -0.1) is 0 Å². The Hall–Kier alpha value is -0.590. The lowest BCUT2D eigenvalue weighted by Crippen LogP contribution is -2.34. The van der Waals surface area contributed by atoms with Crippen LogP contribution in [-0.4, -0.2) is 5.78 Å². The van der Waals surface area contributed by atoms with E-state index in [0.717, 1.165) is 12.8 Å². The lowest BCUT2D eigenvalue weighted by molar-refractivity contribution is -0.134. The molecule has 0 unspecified atom stereocenters. The molecule has 1 heteroatoms. The lowest BCUT2D eigenvalue weighted by Gasteiger charge is -2.29. The van der Waals surface area contributed by atoms with Gasteiger partial charge in [-0.05, 0) is 12.8 Å². The number of Topliss-reactive ketones (excluding diaryl/α,β-unsaturated/α-hetero) is 1. The minimum atomic E-state index is -0.233. The van der Waals surface area contributed by atoms with Crippen molar-refractivity contribution in [1.29, 1.82) is 0 Å². The number of carbonyl (C=O) groups excluding carboxylic acids is 1. The van der Waals surface area contributed by atoms with Crippen LogP contribution in [0.3, 0.4) is 0 Å². The van der Waals surface area contributed by atoms with Crippen molar-refractivity contribution in [2.75, 3.05) is 0 Å². The molecule has 1 nitrogen and oxygen atoms in total. The second kappa shape index (κ2) is 4.77. The molecule has 0 aliphatic rings. The van der Waals surface area contributed by atoms with Crippen LogP contribution in [0.25, 0.3) is 0 Å². The molecule has 0 saturated carbocycles. The smallest absolute Gasteiger partial charge is 0.144 e. The standard InChI is InChI=1S/C13H24O/c1-7-8-9-10-13(5,6)11(14)12(2,3)4/h8-9H,7,10H2,1-6H3/b9-8-. The first kappa shape index (κ1) is 13.4. The van der Waals surface area contributed by atoms with Crippen LogP contribution in [-0.2, 0) is 4.79 Å². The first-order chi connectivity index (χ1) is 6.22. The Balaban J connectivity index is 4.47. The molecule has 0 aromatic heterocycles. The van der Waals surface area contributed by atoms with E-state index in [-0.39, 0.29) is 10.8 Å². The second-order valence-corrected chi connectivity index (χ2v) is 5.55. The molecule has 0 fully saturated rings. The zero-order chi connectivity index (χ0) is 11.4. The highest BCUT2D eigenvalue weighted by Gasteiger charge is 2.34. The van der Waals surface area contributed by atoms with Gasteiger partial charge < -0.3 is 0 Å². The summed E-state index contributed by atoms with van der Waals surface area (Å²) in [5.74, 6) is 0.339. The summed E-state index contributed by atoms with van der Waals surface area (Å²) in [7, 11) is 0. The zero-order valence-electron chi connectivity index (χ0n) is 10.5. The molecule has 0 aromatic rings. The summed E-state index contributed by atoms with van der Waals surface area (Å²) in [6, 6.07) is 0. The molecule has 0 bridgehead atoms. The molecule has 0 rings (SSSR count). The summed E-state index contributed by atoms with van der Waals surface area (Å²) < 4.78 is 0. The van der Waals surface area contributed by atoms with Crippen molar-refractivity contribution in [1.82, 2.24) is 0 Å². The number of rotatable bonds is 4. The van der Waals surface area contributed by atoms with Crippen molar-refractivity contribution >= 4 is 5.78 Å². The van der Waals surface area contributed by atoms with Gasteiger partial charge >= 0.3 is 0 Å². The SMILES string of the molecule is CC/C=C\CC(C)(C)C(=O)C(C)(C)C.